The number of carboxylic acids is 2. The van der Waals surface area contributed by atoms with Crippen molar-refractivity contribution in [2.24, 2.45) is 0 Å². The molecule has 156 valence electrons. The van der Waals surface area contributed by atoms with E-state index in [9.17, 15) is 23.1 Å². The van der Waals surface area contributed by atoms with Gasteiger partial charge in [-0.25, -0.2) is 4.79 Å². The maximum atomic E-state index is 11.4. The first-order chi connectivity index (χ1) is 13.6. The van der Waals surface area contributed by atoms with Crippen LogP contribution < -0.4 is 0 Å². The molecule has 2 atom stereocenters. The molecule has 1 aliphatic heterocycles. The van der Waals surface area contributed by atoms with E-state index < -0.39 is 18.1 Å². The van der Waals surface area contributed by atoms with Crippen molar-refractivity contribution in [1.82, 2.24) is 9.88 Å². The maximum Gasteiger partial charge on any atom is 0.490 e. The third-order valence-electron chi connectivity index (χ3n) is 4.64. The lowest BCUT2D eigenvalue weighted by molar-refractivity contribution is -0.192. The van der Waals surface area contributed by atoms with Crippen LogP contribution in [0.2, 0.25) is 0 Å². The van der Waals surface area contributed by atoms with Crippen molar-refractivity contribution in [3.05, 3.63) is 54.4 Å². The SMILES string of the molecule is C[C@@H]1CC[C@H](C(=O)O)N1Cc1cccc(-c2cccnc2)c1.O=C(O)C(F)(F)F. The molecule has 2 N–H and O–H groups in total. The molecule has 3 rings (SSSR count). The summed E-state index contributed by atoms with van der Waals surface area (Å²) in [5.41, 5.74) is 3.33. The summed E-state index contributed by atoms with van der Waals surface area (Å²) in [5.74, 6) is -3.47. The Hall–Kier alpha value is -2.94. The highest BCUT2D eigenvalue weighted by Gasteiger charge is 2.38. The molecule has 0 aliphatic carbocycles. The van der Waals surface area contributed by atoms with Crippen LogP contribution in [-0.4, -0.2) is 50.3 Å². The molecule has 0 radical (unpaired) electrons. The van der Waals surface area contributed by atoms with Gasteiger partial charge >= 0.3 is 18.1 Å². The van der Waals surface area contributed by atoms with Gasteiger partial charge < -0.3 is 10.2 Å². The van der Waals surface area contributed by atoms with E-state index in [-0.39, 0.29) is 6.04 Å². The zero-order valence-corrected chi connectivity index (χ0v) is 15.6. The van der Waals surface area contributed by atoms with Gasteiger partial charge in [0.15, 0.2) is 0 Å². The number of nitrogens with zero attached hydrogens (tertiary/aromatic N) is 2. The van der Waals surface area contributed by atoms with Crippen LogP contribution in [0.1, 0.15) is 25.3 Å². The number of hydrogen-bond donors (Lipinski definition) is 2. The third kappa shape index (κ3) is 6.28. The third-order valence-corrected chi connectivity index (χ3v) is 4.64. The number of likely N-dealkylation sites (tertiary alicyclic amines) is 1. The number of aliphatic carboxylic acids is 2. The Morgan fingerprint density at radius 1 is 1.14 bits per heavy atom. The van der Waals surface area contributed by atoms with Crippen molar-refractivity contribution < 1.29 is 33.0 Å². The Balaban J connectivity index is 0.000000370. The van der Waals surface area contributed by atoms with Crippen molar-refractivity contribution in [3.8, 4) is 11.1 Å². The zero-order chi connectivity index (χ0) is 21.6. The van der Waals surface area contributed by atoms with Gasteiger partial charge in [0.25, 0.3) is 0 Å². The average molecular weight is 410 g/mol. The maximum absolute atomic E-state index is 11.4. The summed E-state index contributed by atoms with van der Waals surface area (Å²) < 4.78 is 31.7. The number of carbonyl (C=O) groups is 2. The summed E-state index contributed by atoms with van der Waals surface area (Å²) in [6.45, 7) is 2.78. The lowest BCUT2D eigenvalue weighted by Crippen LogP contribution is -2.39. The number of aromatic nitrogens is 1. The predicted octanol–water partition coefficient (Wildman–Crippen LogP) is 3.82. The average Bonchev–Trinajstić information content (AvgIpc) is 3.03. The normalized spacial score (nSPS) is 19.3. The highest BCUT2D eigenvalue weighted by Crippen LogP contribution is 2.27. The minimum atomic E-state index is -5.08. The summed E-state index contributed by atoms with van der Waals surface area (Å²) >= 11 is 0. The van der Waals surface area contributed by atoms with Crippen LogP contribution >= 0.6 is 0 Å². The molecule has 0 unspecified atom stereocenters. The lowest BCUT2D eigenvalue weighted by Gasteiger charge is -2.26. The highest BCUT2D eigenvalue weighted by atomic mass is 19.4. The molecular formula is C20H21F3N2O4. The van der Waals surface area contributed by atoms with E-state index in [4.69, 9.17) is 9.90 Å². The summed E-state index contributed by atoms with van der Waals surface area (Å²) in [7, 11) is 0. The van der Waals surface area contributed by atoms with Crippen LogP contribution in [0.3, 0.4) is 0 Å². The summed E-state index contributed by atoms with van der Waals surface area (Å²) in [6, 6.07) is 12.2. The minimum absolute atomic E-state index is 0.308. The van der Waals surface area contributed by atoms with E-state index in [2.05, 4.69) is 35.0 Å². The summed E-state index contributed by atoms with van der Waals surface area (Å²) in [6.07, 6.45) is 0.201. The fraction of sp³-hybridized carbons (Fsp3) is 0.350. The van der Waals surface area contributed by atoms with Crippen molar-refractivity contribution in [3.63, 3.8) is 0 Å². The van der Waals surface area contributed by atoms with Gasteiger partial charge in [-0.05, 0) is 48.6 Å². The Morgan fingerprint density at radius 2 is 1.79 bits per heavy atom. The van der Waals surface area contributed by atoms with Gasteiger partial charge in [0.1, 0.15) is 6.04 Å². The van der Waals surface area contributed by atoms with Crippen LogP contribution in [0, 0.1) is 0 Å². The van der Waals surface area contributed by atoms with E-state index in [1.54, 1.807) is 6.20 Å². The molecule has 29 heavy (non-hydrogen) atoms. The fourth-order valence-electron chi connectivity index (χ4n) is 3.16. The minimum Gasteiger partial charge on any atom is -0.480 e. The van der Waals surface area contributed by atoms with Crippen LogP contribution in [0.25, 0.3) is 11.1 Å². The predicted molar refractivity (Wildman–Crippen MR) is 99.0 cm³/mol. The second-order valence-electron chi connectivity index (χ2n) is 6.70. The largest absolute Gasteiger partial charge is 0.490 e. The van der Waals surface area contributed by atoms with E-state index in [1.807, 2.05) is 24.4 Å². The second kappa shape index (κ2) is 9.51. The number of benzene rings is 1. The molecule has 1 fully saturated rings. The number of halogens is 3. The van der Waals surface area contributed by atoms with Crippen molar-refractivity contribution in [1.29, 1.82) is 0 Å². The zero-order valence-electron chi connectivity index (χ0n) is 15.6. The van der Waals surface area contributed by atoms with E-state index >= 15 is 0 Å². The van der Waals surface area contributed by atoms with Gasteiger partial charge in [0, 0.05) is 25.0 Å². The first-order valence-electron chi connectivity index (χ1n) is 8.87. The van der Waals surface area contributed by atoms with Crippen LogP contribution in [0.5, 0.6) is 0 Å². The molecule has 1 aliphatic rings. The Kier molecular flexibility index (Phi) is 7.33. The first kappa shape index (κ1) is 22.4. The van der Waals surface area contributed by atoms with Gasteiger partial charge in [-0.2, -0.15) is 13.2 Å². The van der Waals surface area contributed by atoms with Gasteiger partial charge in [0.05, 0.1) is 0 Å². The van der Waals surface area contributed by atoms with Gasteiger partial charge in [-0.3, -0.25) is 14.7 Å². The van der Waals surface area contributed by atoms with Crippen molar-refractivity contribution in [2.45, 2.75) is 44.6 Å². The van der Waals surface area contributed by atoms with Crippen LogP contribution in [-0.2, 0) is 16.1 Å². The summed E-state index contributed by atoms with van der Waals surface area (Å²) in [5, 5.41) is 16.5. The second-order valence-corrected chi connectivity index (χ2v) is 6.70. The topological polar surface area (TPSA) is 90.7 Å². The number of alkyl halides is 3. The van der Waals surface area contributed by atoms with Crippen molar-refractivity contribution >= 4 is 11.9 Å². The first-order valence-corrected chi connectivity index (χ1v) is 8.87. The molecule has 2 heterocycles. The molecule has 0 bridgehead atoms. The number of hydrogen-bond acceptors (Lipinski definition) is 4. The molecule has 1 aromatic heterocycles. The molecule has 9 heteroatoms. The summed E-state index contributed by atoms with van der Waals surface area (Å²) in [4.78, 5) is 26.5. The number of carboxylic acid groups (broad SMARTS) is 2. The Morgan fingerprint density at radius 3 is 2.34 bits per heavy atom. The van der Waals surface area contributed by atoms with E-state index in [0.717, 1.165) is 29.5 Å². The lowest BCUT2D eigenvalue weighted by atomic mass is 10.0. The molecular weight excluding hydrogens is 389 g/mol. The molecule has 0 saturated carbocycles. The highest BCUT2D eigenvalue weighted by molar-refractivity contribution is 5.74. The van der Waals surface area contributed by atoms with Crippen molar-refractivity contribution in [2.75, 3.05) is 0 Å². The number of pyridine rings is 1. The van der Waals surface area contributed by atoms with Gasteiger partial charge in [-0.1, -0.05) is 24.3 Å². The smallest absolute Gasteiger partial charge is 0.480 e. The standard InChI is InChI=1S/C18H20N2O2.C2HF3O2/c1-13-7-8-17(18(21)22)20(13)12-14-4-2-5-15(10-14)16-6-3-9-19-11-16;3-2(4,5)1(6)7/h2-6,9-11,13,17H,7-8,12H2,1H3,(H,21,22);(H,6,7)/t13-,17-;/m1./s1. The van der Waals surface area contributed by atoms with E-state index in [1.165, 1.54) is 0 Å². The van der Waals surface area contributed by atoms with Crippen LogP contribution in [0.15, 0.2) is 48.8 Å². The molecule has 6 nitrogen and oxygen atoms in total. The van der Waals surface area contributed by atoms with Gasteiger partial charge in [0.2, 0.25) is 0 Å². The fourth-order valence-corrected chi connectivity index (χ4v) is 3.16. The van der Waals surface area contributed by atoms with E-state index in [0.29, 0.717) is 12.6 Å². The van der Waals surface area contributed by atoms with Gasteiger partial charge in [-0.15, -0.1) is 0 Å². The monoisotopic (exact) mass is 410 g/mol. The molecule has 0 amide bonds. The van der Waals surface area contributed by atoms with Crippen LogP contribution in [0.4, 0.5) is 13.2 Å². The molecule has 1 aromatic carbocycles. The molecule has 2 aromatic rings. The Labute approximate surface area is 165 Å². The Bertz CT molecular complexity index is 843. The number of rotatable bonds is 4. The molecule has 0 spiro atoms. The molecule has 1 saturated heterocycles. The quantitative estimate of drug-likeness (QED) is 0.796.